The Morgan fingerprint density at radius 3 is 2.58 bits per heavy atom. The van der Waals surface area contributed by atoms with Crippen LogP contribution in [-0.2, 0) is 24.2 Å². The number of anilines is 2. The SMILES string of the molecule is CN(CC[C@H](N)C(=O)O)C[C@H]1OC(n2cnc3c(N)nc(NCCNC(=O)CCCCCCS(C)(=O)=O)nc32)[C@H](O)[C@@H]1O. The number of likely N-dealkylation sites (N-methyl/N-ethyl adjacent to an activating group) is 1. The van der Waals surface area contributed by atoms with Crippen molar-refractivity contribution in [3.8, 4) is 0 Å². The molecule has 9 N–H and O–H groups in total. The van der Waals surface area contributed by atoms with Gasteiger partial charge in [-0.1, -0.05) is 12.8 Å². The number of carboxylic acids is 1. The Morgan fingerprint density at radius 2 is 1.88 bits per heavy atom. The van der Waals surface area contributed by atoms with E-state index in [9.17, 15) is 28.2 Å². The van der Waals surface area contributed by atoms with E-state index in [1.807, 2.05) is 0 Å². The minimum absolute atomic E-state index is 0.0882. The van der Waals surface area contributed by atoms with Gasteiger partial charge in [0.1, 0.15) is 39.7 Å². The Balaban J connectivity index is 1.51. The first kappa shape index (κ1) is 34.3. The minimum atomic E-state index is -2.96. The number of aliphatic hydroxyl groups excluding tert-OH is 2. The summed E-state index contributed by atoms with van der Waals surface area (Å²) in [4.78, 5) is 37.7. The van der Waals surface area contributed by atoms with Gasteiger partial charge in [-0.25, -0.2) is 13.4 Å². The van der Waals surface area contributed by atoms with Crippen molar-refractivity contribution in [2.24, 2.45) is 5.73 Å². The summed E-state index contributed by atoms with van der Waals surface area (Å²) < 4.78 is 29.7. The van der Waals surface area contributed by atoms with Crippen LogP contribution in [0.25, 0.3) is 11.2 Å². The molecule has 1 aliphatic heterocycles. The van der Waals surface area contributed by atoms with E-state index in [1.165, 1.54) is 17.2 Å². The number of imidazole rings is 1. The zero-order chi connectivity index (χ0) is 31.7. The van der Waals surface area contributed by atoms with E-state index in [4.69, 9.17) is 21.3 Å². The molecule has 3 heterocycles. The molecule has 0 aromatic carbocycles. The van der Waals surface area contributed by atoms with Crippen LogP contribution in [0.1, 0.15) is 44.8 Å². The number of aromatic nitrogens is 4. The van der Waals surface area contributed by atoms with Gasteiger partial charge in [0.05, 0.1) is 6.33 Å². The molecule has 1 saturated heterocycles. The third-order valence-corrected chi connectivity index (χ3v) is 8.12. The molecule has 3 rings (SSSR count). The Bertz CT molecular complexity index is 1340. The van der Waals surface area contributed by atoms with Crippen molar-refractivity contribution in [3.63, 3.8) is 0 Å². The van der Waals surface area contributed by atoms with Crippen molar-refractivity contribution in [2.75, 3.05) is 56.3 Å². The standard InChI is InChI=1S/C25H43N9O8S/c1-33(11-8-15(26)24(38)39)13-16-19(36)20(37)23(42-16)34-14-30-18-21(27)31-25(32-22(18)34)29-10-9-28-17(35)7-5-3-4-6-12-43(2,40)41/h14-16,19-20,23,36-37H,3-13,26H2,1-2H3,(H,28,35)(H,38,39)(H3,27,29,31,32)/t15-,16+,19+,20+,23?/m0/s1. The van der Waals surface area contributed by atoms with Gasteiger partial charge in [0.2, 0.25) is 11.9 Å². The molecule has 2 aromatic rings. The van der Waals surface area contributed by atoms with Crippen LogP contribution in [0.2, 0.25) is 0 Å². The Morgan fingerprint density at radius 1 is 1.16 bits per heavy atom. The van der Waals surface area contributed by atoms with Crippen molar-refractivity contribution in [2.45, 2.75) is 69.1 Å². The summed E-state index contributed by atoms with van der Waals surface area (Å²) in [6, 6.07) is -1.01. The van der Waals surface area contributed by atoms with Crippen LogP contribution in [-0.4, -0.2) is 130 Å². The van der Waals surface area contributed by atoms with Gasteiger partial charge >= 0.3 is 5.97 Å². The summed E-state index contributed by atoms with van der Waals surface area (Å²) in [6.07, 6.45) is 1.60. The normalized spacial score (nSPS) is 21.3. The minimum Gasteiger partial charge on any atom is -0.480 e. The highest BCUT2D eigenvalue weighted by Gasteiger charge is 2.44. The summed E-state index contributed by atoms with van der Waals surface area (Å²) in [6.45, 7) is 1.17. The van der Waals surface area contributed by atoms with Crippen LogP contribution in [0.4, 0.5) is 11.8 Å². The van der Waals surface area contributed by atoms with Crippen molar-refractivity contribution >= 4 is 44.6 Å². The van der Waals surface area contributed by atoms with Crippen molar-refractivity contribution in [1.29, 1.82) is 0 Å². The highest BCUT2D eigenvalue weighted by atomic mass is 32.2. The number of rotatable bonds is 18. The molecular weight excluding hydrogens is 586 g/mol. The van der Waals surface area contributed by atoms with Crippen LogP contribution in [0, 0.1) is 0 Å². The average molecular weight is 630 g/mol. The molecule has 242 valence electrons. The summed E-state index contributed by atoms with van der Waals surface area (Å²) in [5.41, 5.74) is 12.2. The topological polar surface area (TPSA) is 261 Å². The fourth-order valence-electron chi connectivity index (χ4n) is 4.66. The van der Waals surface area contributed by atoms with Gasteiger partial charge in [-0.05, 0) is 32.9 Å². The number of aliphatic hydroxyl groups is 2. The van der Waals surface area contributed by atoms with E-state index in [-0.39, 0.29) is 47.6 Å². The number of hydrogen-bond acceptors (Lipinski definition) is 14. The molecule has 0 radical (unpaired) electrons. The van der Waals surface area contributed by atoms with E-state index in [2.05, 4.69) is 25.6 Å². The number of unbranched alkanes of at least 4 members (excludes halogenated alkanes) is 3. The number of nitrogens with two attached hydrogens (primary N) is 2. The first-order valence-electron chi connectivity index (χ1n) is 14.1. The molecule has 1 amide bonds. The number of ether oxygens (including phenoxy) is 1. The number of amides is 1. The number of hydrogen-bond donors (Lipinski definition) is 7. The van der Waals surface area contributed by atoms with Crippen LogP contribution in [0.3, 0.4) is 0 Å². The van der Waals surface area contributed by atoms with Crippen molar-refractivity contribution in [3.05, 3.63) is 6.33 Å². The lowest BCUT2D eigenvalue weighted by Crippen LogP contribution is -2.40. The van der Waals surface area contributed by atoms with E-state index < -0.39 is 46.4 Å². The predicted molar refractivity (Wildman–Crippen MR) is 158 cm³/mol. The van der Waals surface area contributed by atoms with Gasteiger partial charge < -0.3 is 47.1 Å². The largest absolute Gasteiger partial charge is 0.480 e. The van der Waals surface area contributed by atoms with Crippen LogP contribution >= 0.6 is 0 Å². The fraction of sp³-hybridized carbons (Fsp3) is 0.720. The number of fused-ring (bicyclic) bond motifs is 1. The fourth-order valence-corrected chi connectivity index (χ4v) is 5.39. The van der Waals surface area contributed by atoms with Gasteiger partial charge in [0.15, 0.2) is 17.7 Å². The third-order valence-electron chi connectivity index (χ3n) is 7.09. The summed E-state index contributed by atoms with van der Waals surface area (Å²) in [5, 5.41) is 36.2. The molecule has 18 heteroatoms. The van der Waals surface area contributed by atoms with Gasteiger partial charge in [0, 0.05) is 38.1 Å². The Hall–Kier alpha value is -3.16. The summed E-state index contributed by atoms with van der Waals surface area (Å²) in [7, 11) is -1.22. The predicted octanol–water partition coefficient (Wildman–Crippen LogP) is -1.72. The quantitative estimate of drug-likeness (QED) is 0.0905. The smallest absolute Gasteiger partial charge is 0.320 e. The van der Waals surface area contributed by atoms with Gasteiger partial charge in [-0.15, -0.1) is 0 Å². The zero-order valence-electron chi connectivity index (χ0n) is 24.4. The number of nitrogens with zero attached hydrogens (tertiary/aromatic N) is 5. The van der Waals surface area contributed by atoms with E-state index in [0.29, 0.717) is 38.9 Å². The van der Waals surface area contributed by atoms with Crippen LogP contribution in [0.5, 0.6) is 0 Å². The maximum atomic E-state index is 12.1. The molecule has 1 fully saturated rings. The zero-order valence-corrected chi connectivity index (χ0v) is 25.2. The van der Waals surface area contributed by atoms with Gasteiger partial charge in [-0.2, -0.15) is 9.97 Å². The molecule has 0 spiro atoms. The first-order chi connectivity index (χ1) is 20.3. The molecule has 17 nitrogen and oxygen atoms in total. The second-order valence-electron chi connectivity index (χ2n) is 10.9. The number of carbonyl (C=O) groups is 2. The molecule has 2 aromatic heterocycles. The second-order valence-corrected chi connectivity index (χ2v) is 13.1. The summed E-state index contributed by atoms with van der Waals surface area (Å²) in [5.74, 6) is -0.794. The van der Waals surface area contributed by atoms with Crippen molar-refractivity contribution < 1.29 is 38.1 Å². The lowest BCUT2D eigenvalue weighted by Gasteiger charge is -2.23. The monoisotopic (exact) mass is 629 g/mol. The van der Waals surface area contributed by atoms with Crippen molar-refractivity contribution in [1.82, 2.24) is 29.7 Å². The lowest BCUT2D eigenvalue weighted by atomic mass is 10.1. The van der Waals surface area contributed by atoms with Gasteiger partial charge in [0.25, 0.3) is 0 Å². The van der Waals surface area contributed by atoms with E-state index in [0.717, 1.165) is 12.8 Å². The van der Waals surface area contributed by atoms with Crippen LogP contribution < -0.4 is 22.1 Å². The van der Waals surface area contributed by atoms with Crippen LogP contribution in [0.15, 0.2) is 6.33 Å². The molecule has 0 aliphatic carbocycles. The molecule has 0 bridgehead atoms. The number of carboxylic acid groups (broad SMARTS) is 1. The number of aliphatic carboxylic acids is 1. The Labute approximate surface area is 249 Å². The number of carbonyl (C=O) groups excluding carboxylic acids is 1. The summed E-state index contributed by atoms with van der Waals surface area (Å²) >= 11 is 0. The van der Waals surface area contributed by atoms with Gasteiger partial charge in [-0.3, -0.25) is 14.2 Å². The maximum Gasteiger partial charge on any atom is 0.320 e. The first-order valence-corrected chi connectivity index (χ1v) is 16.2. The Kier molecular flexibility index (Phi) is 12.4. The highest BCUT2D eigenvalue weighted by molar-refractivity contribution is 7.90. The lowest BCUT2D eigenvalue weighted by molar-refractivity contribution is -0.138. The number of nitrogens with one attached hydrogen (secondary N) is 2. The highest BCUT2D eigenvalue weighted by Crippen LogP contribution is 2.32. The number of sulfone groups is 1. The molecule has 43 heavy (non-hydrogen) atoms. The second kappa shape index (κ2) is 15.5. The maximum absolute atomic E-state index is 12.1. The third kappa shape index (κ3) is 10.2. The molecule has 1 aliphatic rings. The molecule has 0 saturated carbocycles. The molecule has 5 atom stereocenters. The van der Waals surface area contributed by atoms with E-state index >= 15 is 0 Å². The number of nitrogen functional groups attached to an aromatic ring is 1. The average Bonchev–Trinajstić information content (AvgIpc) is 3.47. The van der Waals surface area contributed by atoms with E-state index in [1.54, 1.807) is 11.9 Å². The molecular formula is C25H43N9O8S. The molecule has 1 unspecified atom stereocenters.